The van der Waals surface area contributed by atoms with Crippen molar-refractivity contribution in [3.8, 4) is 12.3 Å². The van der Waals surface area contributed by atoms with Crippen LogP contribution in [-0.2, 0) is 28.6 Å². The van der Waals surface area contributed by atoms with Gasteiger partial charge in [-0.3, -0.25) is 14.5 Å². The molecule has 13 nitrogen and oxygen atoms in total. The first-order chi connectivity index (χ1) is 23.4. The second-order valence-electron chi connectivity index (χ2n) is 15.4. The zero-order valence-corrected chi connectivity index (χ0v) is 31.6. The molecule has 0 aliphatic carbocycles. The van der Waals surface area contributed by atoms with Crippen LogP contribution >= 0.6 is 0 Å². The second-order valence-corrected chi connectivity index (χ2v) is 15.4. The number of terminal acetylenes is 1. The van der Waals surface area contributed by atoms with E-state index in [2.05, 4.69) is 16.4 Å². The van der Waals surface area contributed by atoms with E-state index in [0.717, 1.165) is 13.0 Å². The summed E-state index contributed by atoms with van der Waals surface area (Å²) in [4.78, 5) is 35.2. The number of methoxy groups -OCH3 is 1. The Morgan fingerprint density at radius 3 is 2.36 bits per heavy atom. The van der Waals surface area contributed by atoms with Crippen molar-refractivity contribution in [2.75, 3.05) is 33.8 Å². The molecule has 286 valence electrons. The molecule has 3 aliphatic heterocycles. The first-order valence-corrected chi connectivity index (χ1v) is 18.2. The van der Waals surface area contributed by atoms with Gasteiger partial charge in [0, 0.05) is 63.3 Å². The fourth-order valence-corrected chi connectivity index (χ4v) is 8.28. The van der Waals surface area contributed by atoms with Crippen molar-refractivity contribution in [1.29, 1.82) is 0 Å². The summed E-state index contributed by atoms with van der Waals surface area (Å²) >= 11 is 0. The Morgan fingerprint density at radius 2 is 1.78 bits per heavy atom. The van der Waals surface area contributed by atoms with Gasteiger partial charge in [0.2, 0.25) is 0 Å². The summed E-state index contributed by atoms with van der Waals surface area (Å²) in [5, 5.41) is 55.3. The Balaban J connectivity index is 2.19. The van der Waals surface area contributed by atoms with Crippen LogP contribution in [-0.4, -0.2) is 130 Å². The molecule has 3 aliphatic rings. The number of cyclic esters (lactones) is 1. The molecule has 0 bridgehead atoms. The summed E-state index contributed by atoms with van der Waals surface area (Å²) in [6.45, 7) is 13.6. The van der Waals surface area contributed by atoms with Gasteiger partial charge < -0.3 is 44.8 Å². The summed E-state index contributed by atoms with van der Waals surface area (Å²) in [6.07, 6.45) is 2.71. The molecular formula is C37H63N3O10. The molecule has 13 atom stereocenters. The minimum atomic E-state index is -1.92. The van der Waals surface area contributed by atoms with E-state index in [1.807, 2.05) is 25.8 Å². The molecule has 3 saturated heterocycles. The molecule has 0 aromatic carbocycles. The Hall–Kier alpha value is -2.15. The highest BCUT2D eigenvalue weighted by Gasteiger charge is 2.56. The number of nitrogens with zero attached hydrogens (tertiary/aromatic N) is 2. The van der Waals surface area contributed by atoms with Crippen molar-refractivity contribution in [2.24, 2.45) is 28.8 Å². The number of ketones is 1. The number of Topliss-reactive ketones (excluding diaryl/α,β-unsaturated/α-hetero) is 1. The molecule has 13 heteroatoms. The molecule has 3 fully saturated rings. The lowest BCUT2D eigenvalue weighted by Crippen LogP contribution is -2.66. The number of aliphatic hydroxyl groups excluding tert-OH is 2. The summed E-state index contributed by atoms with van der Waals surface area (Å²) < 4.78 is 17.9. The number of hydrogen-bond donors (Lipinski definition) is 5. The van der Waals surface area contributed by atoms with Crippen LogP contribution in [0, 0.1) is 36.0 Å². The molecule has 0 radical (unpaired) electrons. The molecule has 3 heterocycles. The number of oxime groups is 1. The lowest BCUT2D eigenvalue weighted by atomic mass is 9.69. The fourth-order valence-electron chi connectivity index (χ4n) is 8.28. The minimum absolute atomic E-state index is 0.0716. The third kappa shape index (κ3) is 9.44. The van der Waals surface area contributed by atoms with E-state index in [0.29, 0.717) is 31.6 Å². The van der Waals surface area contributed by atoms with Crippen molar-refractivity contribution in [1.82, 2.24) is 10.2 Å². The van der Waals surface area contributed by atoms with Crippen LogP contribution in [0.4, 0.5) is 0 Å². The van der Waals surface area contributed by atoms with Crippen LogP contribution in [0.1, 0.15) is 93.4 Å². The molecule has 5 N–H and O–H groups in total. The number of rotatable bonds is 9. The van der Waals surface area contributed by atoms with Gasteiger partial charge in [-0.1, -0.05) is 32.9 Å². The molecule has 0 unspecified atom stereocenters. The number of aliphatic hydroxyl groups is 4. The average Bonchev–Trinajstić information content (AvgIpc) is 3.59. The third-order valence-corrected chi connectivity index (χ3v) is 11.4. The number of carbonyl (C=O) groups is 2. The number of hydrogen-bond acceptors (Lipinski definition) is 13. The van der Waals surface area contributed by atoms with Crippen molar-refractivity contribution >= 4 is 17.5 Å². The van der Waals surface area contributed by atoms with Gasteiger partial charge in [-0.25, -0.2) is 0 Å². The largest absolute Gasteiger partial charge is 0.459 e. The Kier molecular flexibility index (Phi) is 14.9. The van der Waals surface area contributed by atoms with E-state index >= 15 is 0 Å². The molecule has 0 saturated carbocycles. The molecule has 50 heavy (non-hydrogen) atoms. The quantitative estimate of drug-likeness (QED) is 0.102. The Bertz CT molecular complexity index is 1220. The third-order valence-electron chi connectivity index (χ3n) is 11.4. The number of likely N-dealkylation sites (N-methyl/N-ethyl adjacent to an activating group) is 1. The van der Waals surface area contributed by atoms with Gasteiger partial charge in [0.1, 0.15) is 35.1 Å². The van der Waals surface area contributed by atoms with E-state index in [-0.39, 0.29) is 37.9 Å². The van der Waals surface area contributed by atoms with Crippen molar-refractivity contribution in [2.45, 2.75) is 147 Å². The molecule has 0 spiro atoms. The van der Waals surface area contributed by atoms with Crippen LogP contribution in [0.15, 0.2) is 5.16 Å². The predicted molar refractivity (Wildman–Crippen MR) is 188 cm³/mol. The summed E-state index contributed by atoms with van der Waals surface area (Å²) in [5.74, 6) is -1.79. The number of esters is 1. The predicted octanol–water partition coefficient (Wildman–Crippen LogP) is 2.02. The van der Waals surface area contributed by atoms with Gasteiger partial charge in [-0.15, -0.1) is 12.3 Å². The molecular weight excluding hydrogens is 646 g/mol. The first-order valence-electron chi connectivity index (χ1n) is 18.2. The molecule has 0 aromatic rings. The van der Waals surface area contributed by atoms with Gasteiger partial charge in [-0.2, -0.15) is 0 Å². The van der Waals surface area contributed by atoms with E-state index in [4.69, 9.17) is 25.5 Å². The van der Waals surface area contributed by atoms with Crippen LogP contribution in [0.25, 0.3) is 0 Å². The smallest absolute Gasteiger partial charge is 0.316 e. The van der Waals surface area contributed by atoms with E-state index < -0.39 is 76.8 Å². The van der Waals surface area contributed by atoms with Crippen molar-refractivity contribution in [3.63, 3.8) is 0 Å². The Morgan fingerprint density at radius 1 is 1.12 bits per heavy atom. The topological polar surface area (TPSA) is 180 Å². The standard InChI is InChI=1S/C37H63N3O10/c1-11-13-16-40(9)28-17-24(5)48-34(44)37(28,46)21-36(47-10)18-22(3)30(39-50-27-14-15-38-20-27)25(6)32(42)35(8,45)29(12-2)49-33(43)26(7)31(41)23(4)19-36/h1,22-29,32,34,38,42,44-46H,12-21H2,2-10H3/b39-30+/t22-,23-,24-,25+,26-,27-,28+,29-,32-,34-,35-,36-,37-/m1/s1. The molecule has 0 amide bonds. The maximum Gasteiger partial charge on any atom is 0.316 e. The number of ether oxygens (including phenoxy) is 3. The lowest BCUT2D eigenvalue weighted by molar-refractivity contribution is -0.296. The van der Waals surface area contributed by atoms with E-state index in [1.165, 1.54) is 21.0 Å². The van der Waals surface area contributed by atoms with Crippen molar-refractivity contribution in [3.05, 3.63) is 0 Å². The average molecular weight is 710 g/mol. The van der Waals surface area contributed by atoms with Gasteiger partial charge in [0.15, 0.2) is 6.29 Å². The van der Waals surface area contributed by atoms with Gasteiger partial charge >= 0.3 is 5.97 Å². The zero-order valence-electron chi connectivity index (χ0n) is 31.6. The van der Waals surface area contributed by atoms with Gasteiger partial charge in [-0.05, 0) is 60.0 Å². The lowest BCUT2D eigenvalue weighted by Gasteiger charge is -2.52. The monoisotopic (exact) mass is 709 g/mol. The number of nitrogens with one attached hydrogen (secondary N) is 1. The van der Waals surface area contributed by atoms with Crippen LogP contribution in [0.3, 0.4) is 0 Å². The molecule has 3 rings (SSSR count). The highest BCUT2D eigenvalue weighted by molar-refractivity contribution is 5.99. The van der Waals surface area contributed by atoms with Gasteiger partial charge in [0.05, 0.1) is 23.5 Å². The Labute approximate surface area is 298 Å². The summed E-state index contributed by atoms with van der Waals surface area (Å²) in [5.41, 5.74) is -4.64. The van der Waals surface area contributed by atoms with Crippen molar-refractivity contribution < 1.29 is 49.1 Å². The van der Waals surface area contributed by atoms with Crippen LogP contribution in [0.5, 0.6) is 0 Å². The van der Waals surface area contributed by atoms with Crippen LogP contribution < -0.4 is 5.32 Å². The van der Waals surface area contributed by atoms with Gasteiger partial charge in [0.25, 0.3) is 0 Å². The number of carbonyl (C=O) groups excluding carboxylic acids is 2. The maximum atomic E-state index is 13.9. The summed E-state index contributed by atoms with van der Waals surface area (Å²) in [6, 6.07) is -0.585. The summed E-state index contributed by atoms with van der Waals surface area (Å²) in [7, 11) is 3.33. The molecule has 0 aromatic heterocycles. The maximum absolute atomic E-state index is 13.9. The minimum Gasteiger partial charge on any atom is -0.459 e. The normalized spacial score (nSPS) is 43.3. The van der Waals surface area contributed by atoms with Crippen LogP contribution in [0.2, 0.25) is 0 Å². The SMILES string of the molecule is C#CCCN(C)[C@H]1C[C@@H](C)O[C@@H](O)[C@@]1(O)C[C@]1(OC)C[C@@H](C)C(=O)[C@@H](C)C(=O)O[C@H](CC)[C@@](C)(O)[C@H](O)[C@@H](C)/C(=N/O[C@@H]2CCNC2)[C@H](C)C1. The zero-order chi connectivity index (χ0) is 37.6. The first kappa shape index (κ1) is 42.3. The highest BCUT2D eigenvalue weighted by atomic mass is 16.6. The fraction of sp³-hybridized carbons (Fsp3) is 0.865. The highest BCUT2D eigenvalue weighted by Crippen LogP contribution is 2.44. The van der Waals surface area contributed by atoms with E-state index in [9.17, 15) is 30.0 Å². The van der Waals surface area contributed by atoms with E-state index in [1.54, 1.807) is 20.8 Å². The second kappa shape index (κ2) is 17.6.